The Morgan fingerprint density at radius 3 is 2.33 bits per heavy atom. The van der Waals surface area contributed by atoms with Crippen LogP contribution in [0.15, 0.2) is 12.1 Å². The number of carbonyl (C=O) groups is 1. The molecule has 1 atom stereocenters. The molecule has 21 heavy (non-hydrogen) atoms. The number of methoxy groups -OCH3 is 3. The van der Waals surface area contributed by atoms with Crippen molar-refractivity contribution in [1.82, 2.24) is 4.90 Å². The van der Waals surface area contributed by atoms with E-state index in [-0.39, 0.29) is 11.9 Å². The molecule has 6 nitrogen and oxygen atoms in total. The predicted octanol–water partition coefficient (Wildman–Crippen LogP) is 0.976. The van der Waals surface area contributed by atoms with Gasteiger partial charge in [0.2, 0.25) is 5.91 Å². The minimum absolute atomic E-state index is 0.334. The van der Waals surface area contributed by atoms with E-state index in [9.17, 15) is 4.79 Å². The zero-order chi connectivity index (χ0) is 15.4. The van der Waals surface area contributed by atoms with Gasteiger partial charge in [-0.15, -0.1) is 0 Å². The van der Waals surface area contributed by atoms with Crippen molar-refractivity contribution in [2.75, 3.05) is 27.9 Å². The molecule has 2 N–H and O–H groups in total. The molecule has 0 bridgehead atoms. The van der Waals surface area contributed by atoms with Gasteiger partial charge in [-0.1, -0.05) is 0 Å². The molecule has 1 saturated heterocycles. The Balaban J connectivity index is 2.32. The molecule has 1 aromatic carbocycles. The third-order valence-electron chi connectivity index (χ3n) is 3.67. The van der Waals surface area contributed by atoms with E-state index in [1.54, 1.807) is 33.5 Å². The largest absolute Gasteiger partial charge is 0.496 e. The highest BCUT2D eigenvalue weighted by molar-refractivity contribution is 5.81. The lowest BCUT2D eigenvalue weighted by Gasteiger charge is -2.24. The van der Waals surface area contributed by atoms with Crippen LogP contribution >= 0.6 is 0 Å². The lowest BCUT2D eigenvalue weighted by atomic mass is 10.1. The first kappa shape index (κ1) is 15.4. The van der Waals surface area contributed by atoms with Crippen molar-refractivity contribution in [3.05, 3.63) is 24.1 Å². The van der Waals surface area contributed by atoms with E-state index in [2.05, 4.69) is 0 Å². The summed E-state index contributed by atoms with van der Waals surface area (Å²) >= 11 is 0. The standard InChI is InChI=1S/C15H21N2O4/c1-19-10-7-13(20-2)11(14(8-10)21-3)9-17-6-4-5-12(17)15(16)18/h5,7-8,12H,4,6,9H2,1-3H3,(H2,16,18). The highest BCUT2D eigenvalue weighted by Crippen LogP contribution is 2.36. The molecule has 2 rings (SSSR count). The van der Waals surface area contributed by atoms with Gasteiger partial charge >= 0.3 is 0 Å². The first-order valence-corrected chi connectivity index (χ1v) is 6.76. The van der Waals surface area contributed by atoms with Crippen molar-refractivity contribution in [2.45, 2.75) is 19.0 Å². The topological polar surface area (TPSA) is 74.0 Å². The van der Waals surface area contributed by atoms with Crippen LogP contribution in [0, 0.1) is 6.42 Å². The average molecular weight is 293 g/mol. The number of ether oxygens (including phenoxy) is 3. The van der Waals surface area contributed by atoms with Crippen molar-refractivity contribution in [3.8, 4) is 17.2 Å². The van der Waals surface area contributed by atoms with Crippen molar-refractivity contribution < 1.29 is 19.0 Å². The SMILES string of the molecule is COc1cc(OC)c(CN2CC[CH]C2C(N)=O)c(OC)c1. The van der Waals surface area contributed by atoms with Crippen molar-refractivity contribution in [1.29, 1.82) is 0 Å². The summed E-state index contributed by atoms with van der Waals surface area (Å²) < 4.78 is 16.1. The summed E-state index contributed by atoms with van der Waals surface area (Å²) in [6.07, 6.45) is 2.78. The number of hydrogen-bond acceptors (Lipinski definition) is 5. The van der Waals surface area contributed by atoms with Gasteiger partial charge in [-0.3, -0.25) is 9.69 Å². The summed E-state index contributed by atoms with van der Waals surface area (Å²) in [6.45, 7) is 1.31. The quantitative estimate of drug-likeness (QED) is 0.846. The minimum atomic E-state index is -0.346. The molecule has 0 saturated carbocycles. The Kier molecular flexibility index (Phi) is 4.90. The lowest BCUT2D eigenvalue weighted by Crippen LogP contribution is -2.40. The minimum Gasteiger partial charge on any atom is -0.496 e. The van der Waals surface area contributed by atoms with E-state index >= 15 is 0 Å². The molecule has 115 valence electrons. The van der Waals surface area contributed by atoms with Crippen molar-refractivity contribution in [3.63, 3.8) is 0 Å². The van der Waals surface area contributed by atoms with E-state index in [1.165, 1.54) is 0 Å². The number of hydrogen-bond donors (Lipinski definition) is 1. The summed E-state index contributed by atoms with van der Waals surface area (Å²) in [5.74, 6) is 1.66. The van der Waals surface area contributed by atoms with E-state index in [0.717, 1.165) is 18.5 Å². The number of primary amides is 1. The number of benzene rings is 1. The monoisotopic (exact) mass is 293 g/mol. The molecule has 1 fully saturated rings. The molecule has 6 heteroatoms. The summed E-state index contributed by atoms with van der Waals surface area (Å²) in [5.41, 5.74) is 6.31. The maximum Gasteiger partial charge on any atom is 0.235 e. The fourth-order valence-corrected chi connectivity index (χ4v) is 2.60. The van der Waals surface area contributed by atoms with Crippen molar-refractivity contribution in [2.24, 2.45) is 5.73 Å². The van der Waals surface area contributed by atoms with Crippen LogP contribution in [0.25, 0.3) is 0 Å². The zero-order valence-corrected chi connectivity index (χ0v) is 12.6. The number of likely N-dealkylation sites (tertiary alicyclic amines) is 1. The van der Waals surface area contributed by atoms with Gasteiger partial charge in [-0.25, -0.2) is 0 Å². The fourth-order valence-electron chi connectivity index (χ4n) is 2.60. The van der Waals surface area contributed by atoms with Gasteiger partial charge in [-0.2, -0.15) is 0 Å². The Bertz CT molecular complexity index is 493. The fraction of sp³-hybridized carbons (Fsp3) is 0.467. The van der Waals surface area contributed by atoms with Crippen LogP contribution in [-0.4, -0.2) is 44.7 Å². The highest BCUT2D eigenvalue weighted by atomic mass is 16.5. The van der Waals surface area contributed by atoms with Crippen LogP contribution in [0.3, 0.4) is 0 Å². The Labute approximate surface area is 124 Å². The smallest absolute Gasteiger partial charge is 0.235 e. The van der Waals surface area contributed by atoms with Crippen LogP contribution in [0.1, 0.15) is 12.0 Å². The Morgan fingerprint density at radius 1 is 1.24 bits per heavy atom. The molecule has 1 amide bonds. The predicted molar refractivity (Wildman–Crippen MR) is 78.4 cm³/mol. The van der Waals surface area contributed by atoms with Gasteiger partial charge < -0.3 is 19.9 Å². The molecular formula is C15H21N2O4. The number of rotatable bonds is 6. The van der Waals surface area contributed by atoms with Gasteiger partial charge in [0.25, 0.3) is 0 Å². The lowest BCUT2D eigenvalue weighted by molar-refractivity contribution is -0.121. The second kappa shape index (κ2) is 6.67. The third kappa shape index (κ3) is 3.21. The number of nitrogens with zero attached hydrogens (tertiary/aromatic N) is 1. The van der Waals surface area contributed by atoms with Gasteiger partial charge in [0.15, 0.2) is 0 Å². The second-order valence-electron chi connectivity index (χ2n) is 4.85. The molecule has 0 spiro atoms. The number of nitrogens with two attached hydrogens (primary N) is 1. The van der Waals surface area contributed by atoms with Crippen LogP contribution in [0.4, 0.5) is 0 Å². The van der Waals surface area contributed by atoms with Gasteiger partial charge in [0, 0.05) is 18.7 Å². The summed E-state index contributed by atoms with van der Waals surface area (Å²) in [5, 5.41) is 0. The number of carbonyl (C=O) groups excluding carboxylic acids is 1. The van der Waals surface area contributed by atoms with Crippen LogP contribution < -0.4 is 19.9 Å². The first-order chi connectivity index (χ1) is 10.1. The molecule has 0 aliphatic carbocycles. The van der Waals surface area contributed by atoms with Gasteiger partial charge in [-0.05, 0) is 19.4 Å². The van der Waals surface area contributed by atoms with Crippen LogP contribution in [-0.2, 0) is 11.3 Å². The first-order valence-electron chi connectivity index (χ1n) is 6.76. The van der Waals surface area contributed by atoms with Crippen LogP contribution in [0.5, 0.6) is 17.2 Å². The maximum atomic E-state index is 11.5. The van der Waals surface area contributed by atoms with Gasteiger partial charge in [0.05, 0.1) is 32.9 Å². The summed E-state index contributed by atoms with van der Waals surface area (Å²) in [4.78, 5) is 13.5. The molecule has 0 aromatic heterocycles. The second-order valence-corrected chi connectivity index (χ2v) is 4.85. The van der Waals surface area contributed by atoms with E-state index < -0.39 is 0 Å². The zero-order valence-electron chi connectivity index (χ0n) is 12.6. The molecule has 1 unspecified atom stereocenters. The van der Waals surface area contributed by atoms with E-state index in [1.807, 2.05) is 11.3 Å². The molecule has 1 aliphatic heterocycles. The van der Waals surface area contributed by atoms with Crippen LogP contribution in [0.2, 0.25) is 0 Å². The van der Waals surface area contributed by atoms with E-state index in [4.69, 9.17) is 19.9 Å². The molecule has 1 radical (unpaired) electrons. The number of amides is 1. The van der Waals surface area contributed by atoms with Gasteiger partial charge in [0.1, 0.15) is 17.2 Å². The normalized spacial score (nSPS) is 18.5. The summed E-state index contributed by atoms with van der Waals surface area (Å²) in [7, 11) is 4.78. The average Bonchev–Trinajstić information content (AvgIpc) is 2.95. The maximum absolute atomic E-state index is 11.5. The molecule has 1 aliphatic rings. The van der Waals surface area contributed by atoms with Crippen molar-refractivity contribution >= 4 is 5.91 Å². The molecule has 1 heterocycles. The molecular weight excluding hydrogens is 272 g/mol. The Hall–Kier alpha value is -1.95. The Morgan fingerprint density at radius 2 is 1.86 bits per heavy atom. The third-order valence-corrected chi connectivity index (χ3v) is 3.67. The van der Waals surface area contributed by atoms with E-state index in [0.29, 0.717) is 23.8 Å². The molecule has 1 aromatic rings. The highest BCUT2D eigenvalue weighted by Gasteiger charge is 2.30. The summed E-state index contributed by atoms with van der Waals surface area (Å²) in [6, 6.07) is 3.26.